The van der Waals surface area contributed by atoms with Crippen molar-refractivity contribution in [1.82, 2.24) is 0 Å². The van der Waals surface area contributed by atoms with Crippen LogP contribution in [-0.2, 0) is 5.41 Å². The van der Waals surface area contributed by atoms with Crippen LogP contribution in [-0.4, -0.2) is 0 Å². The Balaban J connectivity index is 3.26. The van der Waals surface area contributed by atoms with Gasteiger partial charge in [-0.15, -0.1) is 6.42 Å². The minimum Gasteiger partial charge on any atom is -0.119 e. The van der Waals surface area contributed by atoms with Crippen LogP contribution in [0.3, 0.4) is 0 Å². The number of aryl methyl sites for hydroxylation is 1. The maximum atomic E-state index is 5.47. The molecule has 0 spiro atoms. The topological polar surface area (TPSA) is 0 Å². The van der Waals surface area contributed by atoms with Gasteiger partial charge in [0.15, 0.2) is 0 Å². The van der Waals surface area contributed by atoms with E-state index in [0.717, 1.165) is 4.47 Å². The molecule has 0 bridgehead atoms. The highest BCUT2D eigenvalue weighted by Crippen LogP contribution is 2.29. The molecule has 0 heterocycles. The van der Waals surface area contributed by atoms with Crippen LogP contribution < -0.4 is 0 Å². The van der Waals surface area contributed by atoms with Crippen molar-refractivity contribution in [3.05, 3.63) is 33.8 Å². The standard InChI is InChI=1S/C12H13Br/c1-5-12(3,4)10-7-6-9(2)8-11(10)13/h1,6-8H,2-4H3. The van der Waals surface area contributed by atoms with Crippen LogP contribution >= 0.6 is 15.9 Å². The van der Waals surface area contributed by atoms with Gasteiger partial charge in [0, 0.05) is 4.47 Å². The largest absolute Gasteiger partial charge is 0.119 e. The zero-order chi connectivity index (χ0) is 10.1. The molecule has 1 rings (SSSR count). The first kappa shape index (κ1) is 10.3. The summed E-state index contributed by atoms with van der Waals surface area (Å²) in [5, 5.41) is 0. The monoisotopic (exact) mass is 236 g/mol. The Morgan fingerprint density at radius 1 is 1.38 bits per heavy atom. The first-order valence-corrected chi connectivity index (χ1v) is 5.01. The van der Waals surface area contributed by atoms with Gasteiger partial charge in [-0.25, -0.2) is 0 Å². The average molecular weight is 237 g/mol. The molecule has 1 aromatic rings. The van der Waals surface area contributed by atoms with E-state index in [1.54, 1.807) is 0 Å². The molecule has 0 saturated heterocycles. The lowest BCUT2D eigenvalue weighted by Gasteiger charge is -2.19. The van der Waals surface area contributed by atoms with Gasteiger partial charge in [0.25, 0.3) is 0 Å². The highest BCUT2D eigenvalue weighted by molar-refractivity contribution is 9.10. The molecule has 0 amide bonds. The van der Waals surface area contributed by atoms with Crippen molar-refractivity contribution in [2.75, 3.05) is 0 Å². The number of terminal acetylenes is 1. The number of halogens is 1. The van der Waals surface area contributed by atoms with Crippen LogP contribution in [0.1, 0.15) is 25.0 Å². The van der Waals surface area contributed by atoms with E-state index in [0.29, 0.717) is 0 Å². The quantitative estimate of drug-likeness (QED) is 0.654. The number of hydrogen-bond donors (Lipinski definition) is 0. The predicted molar refractivity (Wildman–Crippen MR) is 60.7 cm³/mol. The second-order valence-corrected chi connectivity index (χ2v) is 4.61. The molecule has 0 nitrogen and oxygen atoms in total. The molecule has 0 unspecified atom stereocenters. The van der Waals surface area contributed by atoms with Crippen LogP contribution in [0, 0.1) is 19.3 Å². The van der Waals surface area contributed by atoms with Crippen molar-refractivity contribution in [3.63, 3.8) is 0 Å². The molecule has 0 aliphatic heterocycles. The Kier molecular flexibility index (Phi) is 2.83. The van der Waals surface area contributed by atoms with Crippen molar-refractivity contribution in [3.8, 4) is 12.3 Å². The van der Waals surface area contributed by atoms with Crippen molar-refractivity contribution in [1.29, 1.82) is 0 Å². The molecule has 0 aliphatic rings. The Hall–Kier alpha value is -0.740. The first-order valence-electron chi connectivity index (χ1n) is 4.22. The Morgan fingerprint density at radius 2 is 2.00 bits per heavy atom. The van der Waals surface area contributed by atoms with E-state index >= 15 is 0 Å². The molecule has 0 radical (unpaired) electrons. The molecule has 0 aromatic heterocycles. The second-order valence-electron chi connectivity index (χ2n) is 3.75. The van der Waals surface area contributed by atoms with Gasteiger partial charge >= 0.3 is 0 Å². The minimum absolute atomic E-state index is 0.202. The fourth-order valence-electron chi connectivity index (χ4n) is 1.20. The van der Waals surface area contributed by atoms with E-state index in [1.165, 1.54) is 11.1 Å². The third-order valence-corrected chi connectivity index (χ3v) is 2.81. The van der Waals surface area contributed by atoms with Crippen molar-refractivity contribution in [2.45, 2.75) is 26.2 Å². The van der Waals surface area contributed by atoms with Crippen LogP contribution in [0.2, 0.25) is 0 Å². The van der Waals surface area contributed by atoms with E-state index in [-0.39, 0.29) is 5.41 Å². The molecular weight excluding hydrogens is 224 g/mol. The first-order chi connectivity index (χ1) is 5.97. The molecule has 0 saturated carbocycles. The van der Waals surface area contributed by atoms with Gasteiger partial charge in [0.2, 0.25) is 0 Å². The Labute approximate surface area is 88.5 Å². The van der Waals surface area contributed by atoms with Gasteiger partial charge in [-0.2, -0.15) is 0 Å². The summed E-state index contributed by atoms with van der Waals surface area (Å²) in [6.07, 6.45) is 5.47. The summed E-state index contributed by atoms with van der Waals surface area (Å²) in [4.78, 5) is 0. The zero-order valence-electron chi connectivity index (χ0n) is 8.19. The summed E-state index contributed by atoms with van der Waals surface area (Å²) < 4.78 is 1.09. The van der Waals surface area contributed by atoms with Crippen LogP contribution in [0.4, 0.5) is 0 Å². The van der Waals surface area contributed by atoms with E-state index in [9.17, 15) is 0 Å². The van der Waals surface area contributed by atoms with E-state index in [1.807, 2.05) is 13.8 Å². The SMILES string of the molecule is C#CC(C)(C)c1ccc(C)cc1Br. The minimum atomic E-state index is -0.202. The summed E-state index contributed by atoms with van der Waals surface area (Å²) in [5.41, 5.74) is 2.20. The second kappa shape index (κ2) is 3.55. The zero-order valence-corrected chi connectivity index (χ0v) is 9.77. The summed E-state index contributed by atoms with van der Waals surface area (Å²) >= 11 is 3.53. The van der Waals surface area contributed by atoms with Gasteiger partial charge < -0.3 is 0 Å². The van der Waals surface area contributed by atoms with Gasteiger partial charge in [0.05, 0.1) is 5.41 Å². The van der Waals surface area contributed by atoms with Gasteiger partial charge in [-0.1, -0.05) is 34.0 Å². The van der Waals surface area contributed by atoms with Crippen molar-refractivity contribution < 1.29 is 0 Å². The van der Waals surface area contributed by atoms with Gasteiger partial charge in [0.1, 0.15) is 0 Å². The van der Waals surface area contributed by atoms with E-state index < -0.39 is 0 Å². The lowest BCUT2D eigenvalue weighted by molar-refractivity contribution is 0.695. The molecule has 68 valence electrons. The van der Waals surface area contributed by atoms with Crippen LogP contribution in [0.25, 0.3) is 0 Å². The summed E-state index contributed by atoms with van der Waals surface area (Å²) in [6.45, 7) is 6.16. The number of benzene rings is 1. The van der Waals surface area contributed by atoms with E-state index in [2.05, 4.69) is 47.0 Å². The van der Waals surface area contributed by atoms with Crippen LogP contribution in [0.5, 0.6) is 0 Å². The molecule has 1 heteroatoms. The molecule has 0 aliphatic carbocycles. The lowest BCUT2D eigenvalue weighted by Crippen LogP contribution is -2.14. The fourth-order valence-corrected chi connectivity index (χ4v) is 2.19. The smallest absolute Gasteiger partial charge is 0.0515 e. The molecular formula is C12H13Br. The Morgan fingerprint density at radius 3 is 2.46 bits per heavy atom. The third kappa shape index (κ3) is 2.14. The Bertz CT molecular complexity index is 356. The lowest BCUT2D eigenvalue weighted by atomic mass is 9.85. The maximum Gasteiger partial charge on any atom is 0.0515 e. The van der Waals surface area contributed by atoms with Gasteiger partial charge in [-0.3, -0.25) is 0 Å². The average Bonchev–Trinajstić information content (AvgIpc) is 2.03. The summed E-state index contributed by atoms with van der Waals surface area (Å²) in [5.74, 6) is 2.79. The van der Waals surface area contributed by atoms with Gasteiger partial charge in [-0.05, 0) is 38.0 Å². The molecule has 0 atom stereocenters. The summed E-state index contributed by atoms with van der Waals surface area (Å²) in [6, 6.07) is 6.26. The molecule has 1 aromatic carbocycles. The highest BCUT2D eigenvalue weighted by Gasteiger charge is 2.19. The number of rotatable bonds is 1. The molecule has 0 N–H and O–H groups in total. The highest BCUT2D eigenvalue weighted by atomic mass is 79.9. The van der Waals surface area contributed by atoms with E-state index in [4.69, 9.17) is 6.42 Å². The summed E-state index contributed by atoms with van der Waals surface area (Å²) in [7, 11) is 0. The van der Waals surface area contributed by atoms with Crippen LogP contribution in [0.15, 0.2) is 22.7 Å². The van der Waals surface area contributed by atoms with Crippen molar-refractivity contribution in [2.24, 2.45) is 0 Å². The normalized spacial score (nSPS) is 11.0. The predicted octanol–water partition coefficient (Wildman–Crippen LogP) is 3.67. The van der Waals surface area contributed by atoms with Crippen molar-refractivity contribution >= 4 is 15.9 Å². The molecule has 0 fully saturated rings. The maximum absolute atomic E-state index is 5.47. The fraction of sp³-hybridized carbons (Fsp3) is 0.333. The molecule has 13 heavy (non-hydrogen) atoms. The number of hydrogen-bond acceptors (Lipinski definition) is 0. The third-order valence-electron chi connectivity index (χ3n) is 2.16.